The third-order valence-electron chi connectivity index (χ3n) is 5.18. The molecule has 6 nitrogen and oxygen atoms in total. The molecule has 1 amide bonds. The summed E-state index contributed by atoms with van der Waals surface area (Å²) in [5.74, 6) is -0.408. The van der Waals surface area contributed by atoms with Crippen LogP contribution in [0.2, 0.25) is 0 Å². The Kier molecular flexibility index (Phi) is 5.61. The third kappa shape index (κ3) is 4.55. The normalized spacial score (nSPS) is 14.2. The van der Waals surface area contributed by atoms with Crippen LogP contribution in [0.1, 0.15) is 41.8 Å². The van der Waals surface area contributed by atoms with Crippen LogP contribution in [0.5, 0.6) is 0 Å². The molecular formula is C21H22F3N5O. The Labute approximate surface area is 171 Å². The van der Waals surface area contributed by atoms with E-state index < -0.39 is 17.8 Å². The first-order valence-electron chi connectivity index (χ1n) is 9.92. The van der Waals surface area contributed by atoms with Gasteiger partial charge in [0.25, 0.3) is 0 Å². The summed E-state index contributed by atoms with van der Waals surface area (Å²) in [6.07, 6.45) is 2.25. The fraction of sp³-hybridized carbons (Fsp3) is 0.381. The van der Waals surface area contributed by atoms with E-state index in [0.29, 0.717) is 37.2 Å². The van der Waals surface area contributed by atoms with Gasteiger partial charge in [0.2, 0.25) is 5.91 Å². The number of nitrogens with zero attached hydrogens (tertiary/aromatic N) is 4. The monoisotopic (exact) mass is 417 g/mol. The topological polar surface area (TPSA) is 64.7 Å². The van der Waals surface area contributed by atoms with Gasteiger partial charge in [0.15, 0.2) is 5.69 Å². The minimum atomic E-state index is -4.52. The van der Waals surface area contributed by atoms with Crippen molar-refractivity contribution in [2.24, 2.45) is 0 Å². The van der Waals surface area contributed by atoms with Crippen LogP contribution < -0.4 is 5.32 Å². The van der Waals surface area contributed by atoms with Crippen LogP contribution in [0.4, 0.5) is 18.9 Å². The number of nitrogens with one attached hydrogen (secondary N) is 1. The first-order valence-corrected chi connectivity index (χ1v) is 9.92. The summed E-state index contributed by atoms with van der Waals surface area (Å²) in [4.78, 5) is 12.6. The van der Waals surface area contributed by atoms with Crippen LogP contribution in [0.15, 0.2) is 42.7 Å². The van der Waals surface area contributed by atoms with Crippen molar-refractivity contribution in [3.63, 3.8) is 0 Å². The van der Waals surface area contributed by atoms with Crippen LogP contribution in [-0.2, 0) is 36.9 Å². The molecule has 0 spiro atoms. The summed E-state index contributed by atoms with van der Waals surface area (Å²) in [7, 11) is 0. The van der Waals surface area contributed by atoms with Crippen LogP contribution in [0.3, 0.4) is 0 Å². The molecule has 0 radical (unpaired) electrons. The van der Waals surface area contributed by atoms with Gasteiger partial charge in [0.05, 0.1) is 6.54 Å². The molecule has 158 valence electrons. The van der Waals surface area contributed by atoms with Crippen molar-refractivity contribution in [2.45, 2.75) is 51.4 Å². The highest BCUT2D eigenvalue weighted by Gasteiger charge is 2.39. The van der Waals surface area contributed by atoms with Crippen LogP contribution in [-0.4, -0.2) is 25.5 Å². The number of anilines is 1. The van der Waals surface area contributed by atoms with Crippen molar-refractivity contribution in [1.29, 1.82) is 0 Å². The average molecular weight is 417 g/mol. The molecule has 2 heterocycles. The SMILES string of the molecule is O=C(Cn1nc(C(F)(F)F)c2c1CCCCC2)Nc1cccc(Cn2cccn2)c1. The molecule has 0 atom stereocenters. The number of carbonyl (C=O) groups excluding carboxylic acids is 1. The van der Waals surface area contributed by atoms with Crippen molar-refractivity contribution in [3.05, 3.63) is 65.2 Å². The number of amides is 1. The van der Waals surface area contributed by atoms with E-state index in [2.05, 4.69) is 15.5 Å². The van der Waals surface area contributed by atoms with E-state index in [0.717, 1.165) is 18.4 Å². The van der Waals surface area contributed by atoms with Crippen LogP contribution >= 0.6 is 0 Å². The van der Waals surface area contributed by atoms with Gasteiger partial charge in [-0.15, -0.1) is 0 Å². The maximum absolute atomic E-state index is 13.4. The van der Waals surface area contributed by atoms with Crippen molar-refractivity contribution in [1.82, 2.24) is 19.6 Å². The maximum Gasteiger partial charge on any atom is 0.435 e. The summed E-state index contributed by atoms with van der Waals surface area (Å²) in [6, 6.07) is 9.13. The van der Waals surface area contributed by atoms with Crippen LogP contribution in [0, 0.1) is 0 Å². The zero-order chi connectivity index (χ0) is 21.1. The van der Waals surface area contributed by atoms with Crippen molar-refractivity contribution in [3.8, 4) is 0 Å². The zero-order valence-corrected chi connectivity index (χ0v) is 16.3. The van der Waals surface area contributed by atoms with Gasteiger partial charge in [-0.1, -0.05) is 18.6 Å². The van der Waals surface area contributed by atoms with Gasteiger partial charge in [-0.05, 0) is 49.4 Å². The molecule has 0 aliphatic heterocycles. The average Bonchev–Trinajstić information content (AvgIpc) is 3.23. The Balaban J connectivity index is 1.50. The Bertz CT molecular complexity index is 1020. The first kappa shape index (κ1) is 20.2. The predicted molar refractivity (Wildman–Crippen MR) is 105 cm³/mol. The van der Waals surface area contributed by atoms with Crippen molar-refractivity contribution >= 4 is 11.6 Å². The second-order valence-corrected chi connectivity index (χ2v) is 7.44. The molecule has 4 rings (SSSR count). The lowest BCUT2D eigenvalue weighted by molar-refractivity contribution is -0.142. The summed E-state index contributed by atoms with van der Waals surface area (Å²) in [5, 5.41) is 10.7. The molecule has 1 N–H and O–H groups in total. The van der Waals surface area contributed by atoms with E-state index in [9.17, 15) is 18.0 Å². The Hall–Kier alpha value is -3.10. The van der Waals surface area contributed by atoms with E-state index in [1.165, 1.54) is 4.68 Å². The van der Waals surface area contributed by atoms with E-state index in [1.807, 2.05) is 30.5 Å². The number of halogens is 3. The molecular weight excluding hydrogens is 395 g/mol. The molecule has 0 bridgehead atoms. The van der Waals surface area contributed by atoms with E-state index in [-0.39, 0.29) is 12.1 Å². The highest BCUT2D eigenvalue weighted by molar-refractivity contribution is 5.90. The van der Waals surface area contributed by atoms with Crippen LogP contribution in [0.25, 0.3) is 0 Å². The Morgan fingerprint density at radius 2 is 1.97 bits per heavy atom. The number of fused-ring (bicyclic) bond motifs is 1. The minimum absolute atomic E-state index is 0.244. The fourth-order valence-electron chi connectivity index (χ4n) is 3.87. The van der Waals surface area contributed by atoms with Gasteiger partial charge in [0, 0.05) is 29.3 Å². The predicted octanol–water partition coefficient (Wildman–Crippen LogP) is 4.05. The largest absolute Gasteiger partial charge is 0.435 e. The standard InChI is InChI=1S/C21H22F3N5O/c22-21(23,24)20-17-8-2-1-3-9-18(17)29(27-20)14-19(30)26-16-7-4-6-15(12-16)13-28-11-5-10-25-28/h4-7,10-12H,1-3,8-9,13-14H2,(H,26,30). The van der Waals surface area contributed by atoms with E-state index >= 15 is 0 Å². The highest BCUT2D eigenvalue weighted by Crippen LogP contribution is 2.35. The van der Waals surface area contributed by atoms with Gasteiger partial charge >= 0.3 is 6.18 Å². The van der Waals surface area contributed by atoms with Gasteiger partial charge in [0.1, 0.15) is 6.54 Å². The molecule has 2 aromatic heterocycles. The second kappa shape index (κ2) is 8.33. The highest BCUT2D eigenvalue weighted by atomic mass is 19.4. The quantitative estimate of drug-likeness (QED) is 0.637. The number of rotatable bonds is 5. The summed E-state index contributed by atoms with van der Waals surface area (Å²) < 4.78 is 43.3. The Morgan fingerprint density at radius 3 is 2.73 bits per heavy atom. The van der Waals surface area contributed by atoms with Crippen molar-refractivity contribution in [2.75, 3.05) is 5.32 Å². The molecule has 9 heteroatoms. The van der Waals surface area contributed by atoms with Gasteiger partial charge in [-0.2, -0.15) is 23.4 Å². The van der Waals surface area contributed by atoms with E-state index in [4.69, 9.17) is 0 Å². The first-order chi connectivity index (χ1) is 14.4. The smallest absolute Gasteiger partial charge is 0.324 e. The maximum atomic E-state index is 13.4. The van der Waals surface area contributed by atoms with Gasteiger partial charge < -0.3 is 5.32 Å². The molecule has 3 aromatic rings. The molecule has 0 saturated carbocycles. The Morgan fingerprint density at radius 1 is 1.13 bits per heavy atom. The lowest BCUT2D eigenvalue weighted by Gasteiger charge is -2.10. The molecule has 0 fully saturated rings. The number of carbonyl (C=O) groups is 1. The molecule has 0 saturated heterocycles. The molecule has 0 unspecified atom stereocenters. The summed E-state index contributed by atoms with van der Waals surface area (Å²) in [6.45, 7) is 0.306. The second-order valence-electron chi connectivity index (χ2n) is 7.44. The van der Waals surface area contributed by atoms with Crippen molar-refractivity contribution < 1.29 is 18.0 Å². The lowest BCUT2D eigenvalue weighted by Crippen LogP contribution is -2.21. The molecule has 1 aliphatic rings. The van der Waals surface area contributed by atoms with Gasteiger partial charge in [-0.25, -0.2) is 0 Å². The fourth-order valence-corrected chi connectivity index (χ4v) is 3.87. The molecule has 1 aliphatic carbocycles. The van der Waals surface area contributed by atoms with E-state index in [1.54, 1.807) is 16.9 Å². The summed E-state index contributed by atoms with van der Waals surface area (Å²) in [5.41, 5.74) is 1.45. The molecule has 1 aromatic carbocycles. The minimum Gasteiger partial charge on any atom is -0.324 e. The number of aromatic nitrogens is 4. The third-order valence-corrected chi connectivity index (χ3v) is 5.18. The zero-order valence-electron chi connectivity index (χ0n) is 16.3. The molecule has 30 heavy (non-hydrogen) atoms. The summed E-state index contributed by atoms with van der Waals surface area (Å²) >= 11 is 0. The number of benzene rings is 1. The lowest BCUT2D eigenvalue weighted by atomic mass is 10.1. The number of alkyl halides is 3. The van der Waals surface area contributed by atoms with Gasteiger partial charge in [-0.3, -0.25) is 14.2 Å². The number of hydrogen-bond donors (Lipinski definition) is 1. The number of hydrogen-bond acceptors (Lipinski definition) is 3.